The number of nitrogens with zero attached hydrogens (tertiary/aromatic N) is 1. The van der Waals surface area contributed by atoms with Gasteiger partial charge in [-0.05, 0) is 16.3 Å². The van der Waals surface area contributed by atoms with Gasteiger partial charge in [0.25, 0.3) is 0 Å². The number of ether oxygens (including phenoxy) is 1. The van der Waals surface area contributed by atoms with Crippen molar-refractivity contribution in [2.75, 3.05) is 6.54 Å². The Kier molecular flexibility index (Phi) is 2.89. The highest BCUT2D eigenvalue weighted by Crippen LogP contribution is 2.51. The van der Waals surface area contributed by atoms with Crippen molar-refractivity contribution in [2.24, 2.45) is 11.8 Å². The van der Waals surface area contributed by atoms with E-state index in [2.05, 4.69) is 0 Å². The maximum absolute atomic E-state index is 12.9. The van der Waals surface area contributed by atoms with E-state index in [-0.39, 0.29) is 5.91 Å². The predicted octanol–water partition coefficient (Wildman–Crippen LogP) is 0.872. The number of rotatable bonds is 3. The summed E-state index contributed by atoms with van der Waals surface area (Å²) >= 11 is 0. The van der Waals surface area contributed by atoms with Crippen molar-refractivity contribution in [1.29, 1.82) is 0 Å². The van der Waals surface area contributed by atoms with Crippen LogP contribution in [0.3, 0.4) is 0 Å². The van der Waals surface area contributed by atoms with Crippen LogP contribution in [0.4, 0.5) is 0 Å². The Labute approximate surface area is 144 Å². The van der Waals surface area contributed by atoms with Gasteiger partial charge in [0.2, 0.25) is 5.91 Å². The molecule has 2 saturated heterocycles. The van der Waals surface area contributed by atoms with Gasteiger partial charge in [-0.1, -0.05) is 54.6 Å². The van der Waals surface area contributed by atoms with E-state index in [1.807, 2.05) is 48.5 Å². The van der Waals surface area contributed by atoms with Crippen molar-refractivity contribution in [1.82, 2.24) is 4.90 Å². The number of carboxylic acids is 1. The second-order valence-corrected chi connectivity index (χ2v) is 7.05. The number of aliphatic carboxylic acids is 1. The summed E-state index contributed by atoms with van der Waals surface area (Å²) in [6.45, 7) is 0.830. The summed E-state index contributed by atoms with van der Waals surface area (Å²) in [7, 11) is 0. The van der Waals surface area contributed by atoms with Crippen LogP contribution in [0.2, 0.25) is 0 Å². The molecule has 5 rings (SSSR count). The van der Waals surface area contributed by atoms with Gasteiger partial charge in [0.1, 0.15) is 5.60 Å². The molecule has 0 saturated carbocycles. The van der Waals surface area contributed by atoms with Crippen LogP contribution in [0.25, 0.3) is 10.8 Å². The minimum absolute atomic E-state index is 0.158. The van der Waals surface area contributed by atoms with Crippen LogP contribution in [0.1, 0.15) is 5.56 Å². The van der Waals surface area contributed by atoms with Crippen molar-refractivity contribution < 1.29 is 19.4 Å². The number of hydrogen-bond donors (Lipinski definition) is 0. The minimum Gasteiger partial charge on any atom is -0.550 e. The molecular formula is C20H16NO4-. The molecule has 2 aromatic carbocycles. The molecule has 0 radical (unpaired) electrons. The highest BCUT2D eigenvalue weighted by atomic mass is 16.5. The van der Waals surface area contributed by atoms with Gasteiger partial charge in [-0.3, -0.25) is 4.79 Å². The Morgan fingerprint density at radius 3 is 2.88 bits per heavy atom. The summed E-state index contributed by atoms with van der Waals surface area (Å²) < 4.78 is 5.89. The normalized spacial score (nSPS) is 32.6. The van der Waals surface area contributed by atoms with Gasteiger partial charge in [-0.25, -0.2) is 0 Å². The molecule has 0 unspecified atom stereocenters. The zero-order chi connectivity index (χ0) is 17.2. The molecular weight excluding hydrogens is 318 g/mol. The fraction of sp³-hybridized carbons (Fsp3) is 0.300. The van der Waals surface area contributed by atoms with Gasteiger partial charge in [0.15, 0.2) is 0 Å². The smallest absolute Gasteiger partial charge is 0.230 e. The maximum atomic E-state index is 12.9. The lowest BCUT2D eigenvalue weighted by Crippen LogP contribution is -2.45. The molecule has 25 heavy (non-hydrogen) atoms. The number of hydrogen-bond acceptors (Lipinski definition) is 4. The van der Waals surface area contributed by atoms with E-state index in [0.717, 1.165) is 16.3 Å². The zero-order valence-corrected chi connectivity index (χ0v) is 13.4. The second-order valence-electron chi connectivity index (χ2n) is 7.05. The minimum atomic E-state index is -1.21. The van der Waals surface area contributed by atoms with Crippen LogP contribution in [-0.2, 0) is 20.9 Å². The lowest BCUT2D eigenvalue weighted by Gasteiger charge is -2.24. The van der Waals surface area contributed by atoms with E-state index >= 15 is 0 Å². The van der Waals surface area contributed by atoms with Gasteiger partial charge < -0.3 is 19.5 Å². The number of carbonyl (C=O) groups excluding carboxylic acids is 2. The lowest BCUT2D eigenvalue weighted by molar-refractivity contribution is -0.313. The van der Waals surface area contributed by atoms with E-state index in [4.69, 9.17) is 4.74 Å². The third-order valence-electron chi connectivity index (χ3n) is 5.69. The first-order chi connectivity index (χ1) is 12.1. The molecule has 2 fully saturated rings. The number of carboxylic acid groups (broad SMARTS) is 1. The highest BCUT2D eigenvalue weighted by Gasteiger charge is 2.65. The summed E-state index contributed by atoms with van der Waals surface area (Å²) in [5.74, 6) is -2.94. The maximum Gasteiger partial charge on any atom is 0.230 e. The summed E-state index contributed by atoms with van der Waals surface area (Å²) in [6, 6.07) is 14.1. The standard InChI is InChI=1S/C20H17NO4/c22-18-17-16(19(23)24)15-8-9-20(17,25-15)11-21(18)10-13-6-3-5-12-4-1-2-7-14(12)13/h1-9,15-17H,10-11H2,(H,23,24)/p-1/t15-,16+,17-,20+/m1/s1. The Hall–Kier alpha value is -2.66. The van der Waals surface area contributed by atoms with E-state index in [0.29, 0.717) is 13.1 Å². The van der Waals surface area contributed by atoms with Crippen molar-refractivity contribution >= 4 is 22.6 Å². The van der Waals surface area contributed by atoms with Gasteiger partial charge in [-0.2, -0.15) is 0 Å². The first kappa shape index (κ1) is 14.7. The molecule has 3 heterocycles. The topological polar surface area (TPSA) is 69.7 Å². The van der Waals surface area contributed by atoms with Crippen LogP contribution in [0, 0.1) is 11.8 Å². The Morgan fingerprint density at radius 1 is 1.24 bits per heavy atom. The highest BCUT2D eigenvalue weighted by molar-refractivity contribution is 5.91. The molecule has 4 atom stereocenters. The van der Waals surface area contributed by atoms with Crippen LogP contribution in [0.15, 0.2) is 54.6 Å². The number of fused-ring (bicyclic) bond motifs is 2. The molecule has 126 valence electrons. The average Bonchev–Trinajstić information content (AvgIpc) is 3.24. The third-order valence-corrected chi connectivity index (χ3v) is 5.69. The molecule has 0 aliphatic carbocycles. The SMILES string of the molecule is O=C([O-])[C@H]1[C@H]2C=C[C@@]3(CN(Cc4cccc5ccccc45)C(=O)[C@@H]13)O2. The molecule has 0 N–H and O–H groups in total. The fourth-order valence-electron chi connectivity index (χ4n) is 4.62. The van der Waals surface area contributed by atoms with Gasteiger partial charge in [0, 0.05) is 18.4 Å². The van der Waals surface area contributed by atoms with Crippen LogP contribution >= 0.6 is 0 Å². The quantitative estimate of drug-likeness (QED) is 0.781. The number of benzene rings is 2. The summed E-state index contributed by atoms with van der Waals surface area (Å²) in [4.78, 5) is 26.2. The van der Waals surface area contributed by atoms with Crippen molar-refractivity contribution in [3.63, 3.8) is 0 Å². The Bertz CT molecular complexity index is 931. The van der Waals surface area contributed by atoms with E-state index < -0.39 is 29.5 Å². The van der Waals surface area contributed by atoms with Gasteiger partial charge >= 0.3 is 0 Å². The largest absolute Gasteiger partial charge is 0.550 e. The molecule has 3 aliphatic heterocycles. The molecule has 5 nitrogen and oxygen atoms in total. The Balaban J connectivity index is 1.50. The molecule has 3 aliphatic rings. The van der Waals surface area contributed by atoms with Crippen molar-refractivity contribution in [3.05, 3.63) is 60.2 Å². The Morgan fingerprint density at radius 2 is 2.04 bits per heavy atom. The van der Waals surface area contributed by atoms with E-state index in [1.165, 1.54) is 0 Å². The van der Waals surface area contributed by atoms with Crippen LogP contribution in [0.5, 0.6) is 0 Å². The van der Waals surface area contributed by atoms with Gasteiger partial charge in [-0.15, -0.1) is 0 Å². The van der Waals surface area contributed by atoms with Crippen molar-refractivity contribution in [3.8, 4) is 0 Å². The van der Waals surface area contributed by atoms with Crippen LogP contribution in [-0.4, -0.2) is 35.0 Å². The van der Waals surface area contributed by atoms with Crippen LogP contribution < -0.4 is 5.11 Å². The zero-order valence-electron chi connectivity index (χ0n) is 13.4. The number of amides is 1. The molecule has 2 bridgehead atoms. The third kappa shape index (κ3) is 1.93. The van der Waals surface area contributed by atoms with E-state index in [9.17, 15) is 14.7 Å². The number of carbonyl (C=O) groups is 2. The first-order valence-electron chi connectivity index (χ1n) is 8.42. The molecule has 5 heteroatoms. The molecule has 0 aromatic heterocycles. The molecule has 1 amide bonds. The van der Waals surface area contributed by atoms with Crippen molar-refractivity contribution in [2.45, 2.75) is 18.2 Å². The second kappa shape index (κ2) is 4.92. The monoisotopic (exact) mass is 334 g/mol. The predicted molar refractivity (Wildman–Crippen MR) is 88.1 cm³/mol. The van der Waals surface area contributed by atoms with Gasteiger partial charge in [0.05, 0.1) is 18.6 Å². The lowest BCUT2D eigenvalue weighted by atomic mass is 9.77. The summed E-state index contributed by atoms with van der Waals surface area (Å²) in [6.07, 6.45) is 3.08. The first-order valence-corrected chi connectivity index (χ1v) is 8.42. The average molecular weight is 334 g/mol. The molecule has 2 aromatic rings. The molecule has 1 spiro atoms. The number of likely N-dealkylation sites (tertiary alicyclic amines) is 1. The van der Waals surface area contributed by atoms with E-state index in [1.54, 1.807) is 11.0 Å². The summed E-state index contributed by atoms with van der Waals surface area (Å²) in [5.41, 5.74) is 0.239. The fourth-order valence-corrected chi connectivity index (χ4v) is 4.62. The summed E-state index contributed by atoms with van der Waals surface area (Å²) in [5, 5.41) is 13.7.